The molecule has 1 aliphatic heterocycles. The first-order chi connectivity index (χ1) is 18.1. The highest BCUT2D eigenvalue weighted by Crippen LogP contribution is 2.51. The molecule has 4 aromatic rings. The lowest BCUT2D eigenvalue weighted by Gasteiger charge is -2.26. The van der Waals surface area contributed by atoms with Crippen LogP contribution in [-0.4, -0.2) is 36.9 Å². The summed E-state index contributed by atoms with van der Waals surface area (Å²) in [5, 5.41) is 2.35. The summed E-state index contributed by atoms with van der Waals surface area (Å²) in [5.41, 5.74) is 7.35. The Balaban J connectivity index is 1.34. The number of Topliss-reactive ketones (excluding diaryl/α,β-unsaturated/α-hetero) is 1. The van der Waals surface area contributed by atoms with Crippen molar-refractivity contribution in [3.05, 3.63) is 98.6 Å². The van der Waals surface area contributed by atoms with Crippen molar-refractivity contribution >= 4 is 39.1 Å². The quantitative estimate of drug-likeness (QED) is 0.140. The van der Waals surface area contributed by atoms with Crippen molar-refractivity contribution in [3.63, 3.8) is 0 Å². The van der Waals surface area contributed by atoms with E-state index < -0.39 is 0 Å². The van der Waals surface area contributed by atoms with E-state index in [0.717, 1.165) is 29.9 Å². The normalized spacial score (nSPS) is 17.0. The second-order valence-corrected chi connectivity index (χ2v) is 11.5. The number of piperidine rings is 1. The number of rotatable bonds is 7. The number of ether oxygens (including phenoxy) is 1. The highest BCUT2D eigenvalue weighted by atomic mass is 127. The maximum absolute atomic E-state index is 12.4. The largest absolute Gasteiger partial charge is 0.492 e. The zero-order valence-corrected chi connectivity index (χ0v) is 23.5. The molecule has 4 heteroatoms. The number of fused-ring (bicyclic) bond motifs is 5. The van der Waals surface area contributed by atoms with Crippen LogP contribution in [0.4, 0.5) is 0 Å². The maximum atomic E-state index is 12.4. The Morgan fingerprint density at radius 3 is 2.49 bits per heavy atom. The van der Waals surface area contributed by atoms with Crippen LogP contribution in [-0.2, 0) is 0 Å². The molecule has 4 aromatic carbocycles. The van der Waals surface area contributed by atoms with Crippen molar-refractivity contribution in [1.29, 1.82) is 0 Å². The molecule has 1 unspecified atom stereocenters. The van der Waals surface area contributed by atoms with Gasteiger partial charge in [0.2, 0.25) is 0 Å². The SMILES string of the molecule is CCC(=O)c1ccc2c3c(ccc2c1)-c1ccc(I)cc1C3c1ccc(OCCN2CCCCC2)cc1. The third-order valence-electron chi connectivity index (χ3n) is 7.95. The molecule has 1 atom stereocenters. The van der Waals surface area contributed by atoms with Gasteiger partial charge in [-0.2, -0.15) is 0 Å². The minimum Gasteiger partial charge on any atom is -0.492 e. The first kappa shape index (κ1) is 24.6. The topological polar surface area (TPSA) is 29.5 Å². The number of likely N-dealkylation sites (tertiary alicyclic amines) is 1. The number of carbonyl (C=O) groups is 1. The standard InChI is InChI=1S/C33H32INO2/c1-2-31(36)24-9-13-27-23(20-24)8-14-29-28-15-10-25(34)21-30(28)32(33(27)29)22-6-11-26(12-7-22)37-19-18-35-16-4-3-5-17-35/h6-15,20-21,32H,2-5,16-19H2,1H3. The number of hydrogen-bond acceptors (Lipinski definition) is 3. The van der Waals surface area contributed by atoms with Gasteiger partial charge in [-0.15, -0.1) is 0 Å². The molecule has 37 heavy (non-hydrogen) atoms. The van der Waals surface area contributed by atoms with E-state index in [1.165, 1.54) is 69.1 Å². The number of hydrogen-bond donors (Lipinski definition) is 0. The Bertz CT molecular complexity index is 1450. The third kappa shape index (κ3) is 4.82. The highest BCUT2D eigenvalue weighted by Gasteiger charge is 2.32. The number of halogens is 1. The van der Waals surface area contributed by atoms with Gasteiger partial charge in [0.05, 0.1) is 0 Å². The van der Waals surface area contributed by atoms with Crippen LogP contribution >= 0.6 is 22.6 Å². The molecular formula is C33H32INO2. The van der Waals surface area contributed by atoms with Crippen LogP contribution in [0.3, 0.4) is 0 Å². The van der Waals surface area contributed by atoms with Crippen molar-refractivity contribution in [3.8, 4) is 16.9 Å². The van der Waals surface area contributed by atoms with Crippen LogP contribution in [0.15, 0.2) is 72.8 Å². The van der Waals surface area contributed by atoms with Gasteiger partial charge in [0.15, 0.2) is 5.78 Å². The van der Waals surface area contributed by atoms with Crippen LogP contribution in [0.1, 0.15) is 65.6 Å². The molecule has 1 heterocycles. The van der Waals surface area contributed by atoms with Crippen LogP contribution in [0, 0.1) is 3.57 Å². The van der Waals surface area contributed by atoms with Gasteiger partial charge in [0.1, 0.15) is 12.4 Å². The zero-order chi connectivity index (χ0) is 25.4. The highest BCUT2D eigenvalue weighted by molar-refractivity contribution is 14.1. The predicted molar refractivity (Wildman–Crippen MR) is 160 cm³/mol. The second kappa shape index (κ2) is 10.6. The lowest BCUT2D eigenvalue weighted by molar-refractivity contribution is 0.0988. The summed E-state index contributed by atoms with van der Waals surface area (Å²) < 4.78 is 7.37. The summed E-state index contributed by atoms with van der Waals surface area (Å²) in [5.74, 6) is 1.27. The smallest absolute Gasteiger partial charge is 0.162 e. The number of benzene rings is 4. The number of carbonyl (C=O) groups excluding carboxylic acids is 1. The van der Waals surface area contributed by atoms with Gasteiger partial charge in [0.25, 0.3) is 0 Å². The van der Waals surface area contributed by atoms with E-state index in [2.05, 4.69) is 94.2 Å². The van der Waals surface area contributed by atoms with Crippen molar-refractivity contribution < 1.29 is 9.53 Å². The summed E-state index contributed by atoms with van der Waals surface area (Å²) >= 11 is 2.41. The number of nitrogens with zero attached hydrogens (tertiary/aromatic N) is 1. The molecule has 1 fully saturated rings. The Morgan fingerprint density at radius 2 is 1.70 bits per heavy atom. The Labute approximate surface area is 233 Å². The molecule has 3 nitrogen and oxygen atoms in total. The first-order valence-electron chi connectivity index (χ1n) is 13.5. The first-order valence-corrected chi connectivity index (χ1v) is 14.5. The summed E-state index contributed by atoms with van der Waals surface area (Å²) in [6.45, 7) is 6.05. The van der Waals surface area contributed by atoms with E-state index in [9.17, 15) is 4.79 Å². The second-order valence-electron chi connectivity index (χ2n) is 10.2. The fraction of sp³-hybridized carbons (Fsp3) is 0.303. The monoisotopic (exact) mass is 601 g/mol. The molecule has 6 rings (SSSR count). The minimum absolute atomic E-state index is 0.151. The fourth-order valence-electron chi connectivity index (χ4n) is 6.03. The van der Waals surface area contributed by atoms with E-state index in [-0.39, 0.29) is 11.7 Å². The van der Waals surface area contributed by atoms with Gasteiger partial charge in [0, 0.05) is 28.0 Å². The average molecular weight is 602 g/mol. The van der Waals surface area contributed by atoms with Crippen molar-refractivity contribution in [1.82, 2.24) is 4.90 Å². The molecule has 0 N–H and O–H groups in total. The Kier molecular flexibility index (Phi) is 7.04. The Morgan fingerprint density at radius 1 is 0.919 bits per heavy atom. The Hall–Kier alpha value is -2.70. The van der Waals surface area contributed by atoms with E-state index in [4.69, 9.17) is 4.74 Å². The predicted octanol–water partition coefficient (Wildman–Crippen LogP) is 8.06. The minimum atomic E-state index is 0.151. The van der Waals surface area contributed by atoms with Crippen LogP contribution in [0.2, 0.25) is 0 Å². The lowest BCUT2D eigenvalue weighted by Crippen LogP contribution is -2.33. The lowest BCUT2D eigenvalue weighted by atomic mass is 9.86. The van der Waals surface area contributed by atoms with Crippen LogP contribution in [0.5, 0.6) is 5.75 Å². The van der Waals surface area contributed by atoms with Crippen molar-refractivity contribution in [2.45, 2.75) is 38.5 Å². The molecule has 188 valence electrons. The average Bonchev–Trinajstić information content (AvgIpc) is 3.27. The van der Waals surface area contributed by atoms with Crippen LogP contribution in [0.25, 0.3) is 21.9 Å². The molecular weight excluding hydrogens is 569 g/mol. The molecule has 0 aromatic heterocycles. The van der Waals surface area contributed by atoms with Crippen LogP contribution < -0.4 is 4.74 Å². The van der Waals surface area contributed by atoms with E-state index in [0.29, 0.717) is 6.42 Å². The molecule has 1 aliphatic carbocycles. The summed E-state index contributed by atoms with van der Waals surface area (Å²) in [6.07, 6.45) is 4.50. The van der Waals surface area contributed by atoms with Gasteiger partial charge in [-0.3, -0.25) is 9.69 Å². The van der Waals surface area contributed by atoms with Gasteiger partial charge in [-0.1, -0.05) is 55.8 Å². The van der Waals surface area contributed by atoms with E-state index in [1.54, 1.807) is 0 Å². The molecule has 0 amide bonds. The molecule has 0 radical (unpaired) electrons. The summed E-state index contributed by atoms with van der Waals surface area (Å²) in [6, 6.07) is 26.1. The van der Waals surface area contributed by atoms with Gasteiger partial charge in [-0.25, -0.2) is 0 Å². The summed E-state index contributed by atoms with van der Waals surface area (Å²) in [7, 11) is 0. The molecule has 0 spiro atoms. The van der Waals surface area contributed by atoms with E-state index in [1.807, 2.05) is 13.0 Å². The van der Waals surface area contributed by atoms with Gasteiger partial charge in [-0.05, 0) is 117 Å². The number of ketones is 1. The maximum Gasteiger partial charge on any atom is 0.162 e. The van der Waals surface area contributed by atoms with Gasteiger partial charge >= 0.3 is 0 Å². The molecule has 2 aliphatic rings. The van der Waals surface area contributed by atoms with E-state index >= 15 is 0 Å². The zero-order valence-electron chi connectivity index (χ0n) is 21.3. The molecule has 1 saturated heterocycles. The van der Waals surface area contributed by atoms with Gasteiger partial charge < -0.3 is 4.74 Å². The van der Waals surface area contributed by atoms with Crippen molar-refractivity contribution in [2.75, 3.05) is 26.2 Å². The summed E-state index contributed by atoms with van der Waals surface area (Å²) in [4.78, 5) is 14.9. The molecule has 0 saturated carbocycles. The fourth-order valence-corrected chi connectivity index (χ4v) is 6.54. The third-order valence-corrected chi connectivity index (χ3v) is 8.62. The molecule has 0 bridgehead atoms. The van der Waals surface area contributed by atoms with Crippen molar-refractivity contribution in [2.24, 2.45) is 0 Å².